The van der Waals surface area contributed by atoms with Crippen molar-refractivity contribution in [2.75, 3.05) is 10.6 Å². The van der Waals surface area contributed by atoms with Crippen molar-refractivity contribution in [1.29, 1.82) is 0 Å². The Labute approximate surface area is 121 Å². The molecular weight excluding hydrogens is 272 g/mol. The average Bonchev–Trinajstić information content (AvgIpc) is 2.88. The molecule has 1 amide bonds. The standard InChI is InChI=1S/C15H16N2O4/c1-9-3-4-12(17-10(2)18)6-14(9)16-7-13-5-11(8-21-13)15(19)20/h3-6,8,16H,7H2,1-2H3,(H,17,18)(H,19,20). The van der Waals surface area contributed by atoms with Gasteiger partial charge >= 0.3 is 5.97 Å². The van der Waals surface area contributed by atoms with Crippen molar-refractivity contribution in [3.05, 3.63) is 47.4 Å². The van der Waals surface area contributed by atoms with Crippen LogP contribution >= 0.6 is 0 Å². The number of rotatable bonds is 5. The lowest BCUT2D eigenvalue weighted by Crippen LogP contribution is -2.07. The minimum Gasteiger partial charge on any atom is -0.478 e. The SMILES string of the molecule is CC(=O)Nc1ccc(C)c(NCc2cc(C(=O)O)co2)c1. The van der Waals surface area contributed by atoms with E-state index in [0.717, 1.165) is 11.3 Å². The molecule has 21 heavy (non-hydrogen) atoms. The van der Waals surface area contributed by atoms with E-state index in [4.69, 9.17) is 9.52 Å². The molecule has 0 radical (unpaired) electrons. The zero-order chi connectivity index (χ0) is 15.4. The van der Waals surface area contributed by atoms with Gasteiger partial charge in [0, 0.05) is 18.3 Å². The summed E-state index contributed by atoms with van der Waals surface area (Å²) in [5.41, 5.74) is 2.67. The second kappa shape index (κ2) is 6.13. The van der Waals surface area contributed by atoms with E-state index >= 15 is 0 Å². The molecule has 0 aliphatic rings. The fourth-order valence-electron chi connectivity index (χ4n) is 1.86. The number of hydrogen-bond donors (Lipinski definition) is 3. The van der Waals surface area contributed by atoms with Gasteiger partial charge in [-0.15, -0.1) is 0 Å². The zero-order valence-electron chi connectivity index (χ0n) is 11.8. The fourth-order valence-corrected chi connectivity index (χ4v) is 1.86. The molecule has 0 unspecified atom stereocenters. The maximum Gasteiger partial charge on any atom is 0.338 e. The summed E-state index contributed by atoms with van der Waals surface area (Å²) in [5, 5.41) is 14.7. The molecule has 0 saturated heterocycles. The Morgan fingerprint density at radius 2 is 2.05 bits per heavy atom. The van der Waals surface area contributed by atoms with Crippen LogP contribution in [0.4, 0.5) is 11.4 Å². The van der Waals surface area contributed by atoms with Gasteiger partial charge in [-0.2, -0.15) is 0 Å². The molecule has 0 aliphatic carbocycles. The number of nitrogens with one attached hydrogen (secondary N) is 2. The monoisotopic (exact) mass is 288 g/mol. The van der Waals surface area contributed by atoms with Gasteiger partial charge in [-0.25, -0.2) is 4.79 Å². The molecule has 0 saturated carbocycles. The molecule has 0 spiro atoms. The molecule has 1 heterocycles. The predicted octanol–water partition coefficient (Wildman–Crippen LogP) is 2.86. The second-order valence-electron chi connectivity index (χ2n) is 4.67. The number of carbonyl (C=O) groups is 2. The summed E-state index contributed by atoms with van der Waals surface area (Å²) >= 11 is 0. The molecule has 2 rings (SSSR count). The topological polar surface area (TPSA) is 91.6 Å². The number of aryl methyl sites for hydroxylation is 1. The number of furan rings is 1. The van der Waals surface area contributed by atoms with Crippen molar-refractivity contribution in [2.45, 2.75) is 20.4 Å². The second-order valence-corrected chi connectivity index (χ2v) is 4.67. The van der Waals surface area contributed by atoms with Crippen LogP contribution in [0.25, 0.3) is 0 Å². The van der Waals surface area contributed by atoms with E-state index in [2.05, 4.69) is 10.6 Å². The van der Waals surface area contributed by atoms with Crippen molar-refractivity contribution in [3.8, 4) is 0 Å². The first-order chi connectivity index (χ1) is 9.95. The fraction of sp³-hybridized carbons (Fsp3) is 0.200. The summed E-state index contributed by atoms with van der Waals surface area (Å²) in [5.74, 6) is -0.632. The predicted molar refractivity (Wildman–Crippen MR) is 78.5 cm³/mol. The molecule has 6 heteroatoms. The first kappa shape index (κ1) is 14.6. The largest absolute Gasteiger partial charge is 0.478 e. The molecule has 2 aromatic rings. The lowest BCUT2D eigenvalue weighted by Gasteiger charge is -2.11. The Balaban J connectivity index is 2.07. The van der Waals surface area contributed by atoms with Gasteiger partial charge in [0.05, 0.1) is 12.1 Å². The third-order valence-electron chi connectivity index (χ3n) is 2.91. The van der Waals surface area contributed by atoms with Crippen molar-refractivity contribution >= 4 is 23.3 Å². The van der Waals surface area contributed by atoms with Gasteiger partial charge in [0.15, 0.2) is 0 Å². The van der Waals surface area contributed by atoms with Gasteiger partial charge in [0.2, 0.25) is 5.91 Å². The zero-order valence-corrected chi connectivity index (χ0v) is 11.8. The number of carboxylic acid groups (broad SMARTS) is 1. The number of amides is 1. The van der Waals surface area contributed by atoms with Gasteiger partial charge < -0.3 is 20.2 Å². The summed E-state index contributed by atoms with van der Waals surface area (Å²) in [6.07, 6.45) is 1.21. The summed E-state index contributed by atoms with van der Waals surface area (Å²) in [6, 6.07) is 7.00. The highest BCUT2D eigenvalue weighted by Crippen LogP contribution is 2.21. The van der Waals surface area contributed by atoms with Crippen LogP contribution in [0.1, 0.15) is 28.6 Å². The van der Waals surface area contributed by atoms with Crippen molar-refractivity contribution in [2.24, 2.45) is 0 Å². The van der Waals surface area contributed by atoms with E-state index < -0.39 is 5.97 Å². The number of carbonyl (C=O) groups excluding carboxylic acids is 1. The highest BCUT2D eigenvalue weighted by Gasteiger charge is 2.08. The van der Waals surface area contributed by atoms with Crippen molar-refractivity contribution in [1.82, 2.24) is 0 Å². The number of benzene rings is 1. The smallest absolute Gasteiger partial charge is 0.338 e. The van der Waals surface area contributed by atoms with Crippen LogP contribution < -0.4 is 10.6 Å². The van der Waals surface area contributed by atoms with E-state index in [0.29, 0.717) is 18.0 Å². The molecule has 6 nitrogen and oxygen atoms in total. The van der Waals surface area contributed by atoms with Gasteiger partial charge in [-0.3, -0.25) is 4.79 Å². The van der Waals surface area contributed by atoms with Crippen LogP contribution in [0.15, 0.2) is 34.9 Å². The summed E-state index contributed by atoms with van der Waals surface area (Å²) in [4.78, 5) is 21.8. The van der Waals surface area contributed by atoms with Gasteiger partial charge in [-0.1, -0.05) is 6.07 Å². The molecule has 0 atom stereocenters. The highest BCUT2D eigenvalue weighted by atomic mass is 16.4. The Hall–Kier alpha value is -2.76. The van der Waals surface area contributed by atoms with E-state index in [1.807, 2.05) is 25.1 Å². The number of anilines is 2. The number of aromatic carboxylic acids is 1. The lowest BCUT2D eigenvalue weighted by atomic mass is 10.1. The maximum absolute atomic E-state index is 11.1. The van der Waals surface area contributed by atoms with Crippen LogP contribution in [-0.2, 0) is 11.3 Å². The normalized spacial score (nSPS) is 10.2. The Kier molecular flexibility index (Phi) is 4.27. The highest BCUT2D eigenvalue weighted by molar-refractivity contribution is 5.89. The van der Waals surface area contributed by atoms with E-state index in [-0.39, 0.29) is 11.5 Å². The number of hydrogen-bond acceptors (Lipinski definition) is 4. The third-order valence-corrected chi connectivity index (χ3v) is 2.91. The molecule has 0 aliphatic heterocycles. The van der Waals surface area contributed by atoms with Crippen molar-refractivity contribution < 1.29 is 19.1 Å². The average molecular weight is 288 g/mol. The van der Waals surface area contributed by atoms with Crippen LogP contribution in [0.3, 0.4) is 0 Å². The molecule has 0 bridgehead atoms. The van der Waals surface area contributed by atoms with Crippen LogP contribution in [0, 0.1) is 6.92 Å². The van der Waals surface area contributed by atoms with Gasteiger partial charge in [-0.05, 0) is 30.7 Å². The van der Waals surface area contributed by atoms with Crippen molar-refractivity contribution in [3.63, 3.8) is 0 Å². The first-order valence-corrected chi connectivity index (χ1v) is 6.38. The molecule has 3 N–H and O–H groups in total. The van der Waals surface area contributed by atoms with Gasteiger partial charge in [0.1, 0.15) is 12.0 Å². The molecule has 0 fully saturated rings. The Morgan fingerprint density at radius 3 is 2.67 bits per heavy atom. The molecule has 1 aromatic heterocycles. The van der Waals surface area contributed by atoms with Gasteiger partial charge in [0.25, 0.3) is 0 Å². The third kappa shape index (κ3) is 3.85. The van der Waals surface area contributed by atoms with Crippen LogP contribution in [0.5, 0.6) is 0 Å². The van der Waals surface area contributed by atoms with E-state index in [9.17, 15) is 9.59 Å². The minimum atomic E-state index is -1.02. The van der Waals surface area contributed by atoms with Crippen LogP contribution in [0.2, 0.25) is 0 Å². The first-order valence-electron chi connectivity index (χ1n) is 6.38. The van der Waals surface area contributed by atoms with E-state index in [1.54, 1.807) is 0 Å². The van der Waals surface area contributed by atoms with E-state index in [1.165, 1.54) is 19.3 Å². The molecule has 110 valence electrons. The Bertz CT molecular complexity index is 676. The van der Waals surface area contributed by atoms with Crippen LogP contribution in [-0.4, -0.2) is 17.0 Å². The summed E-state index contributed by atoms with van der Waals surface area (Å²) in [7, 11) is 0. The molecular formula is C15H16N2O4. The summed E-state index contributed by atoms with van der Waals surface area (Å²) in [6.45, 7) is 3.74. The maximum atomic E-state index is 11.1. The quantitative estimate of drug-likeness (QED) is 0.787. The minimum absolute atomic E-state index is 0.121. The number of carboxylic acids is 1. The lowest BCUT2D eigenvalue weighted by molar-refractivity contribution is -0.114. The molecule has 1 aromatic carbocycles. The Morgan fingerprint density at radius 1 is 1.29 bits per heavy atom. The summed E-state index contributed by atoms with van der Waals surface area (Å²) < 4.78 is 5.17.